The molecule has 0 saturated carbocycles. The van der Waals surface area contributed by atoms with Crippen molar-refractivity contribution in [3.63, 3.8) is 0 Å². The molecule has 6 atom stereocenters. The van der Waals surface area contributed by atoms with Crippen molar-refractivity contribution in [2.24, 2.45) is 0 Å². The lowest BCUT2D eigenvalue weighted by Crippen LogP contribution is -2.45. The highest BCUT2D eigenvalue weighted by Crippen LogP contribution is 2.43. The van der Waals surface area contributed by atoms with Crippen molar-refractivity contribution in [1.29, 1.82) is 0 Å². The first-order chi connectivity index (χ1) is 14.5. The summed E-state index contributed by atoms with van der Waals surface area (Å²) in [5, 5.41) is -0.786. The minimum absolute atomic E-state index is 0.261. The Morgan fingerprint density at radius 2 is 1.74 bits per heavy atom. The van der Waals surface area contributed by atoms with Crippen molar-refractivity contribution in [2.75, 3.05) is 6.61 Å². The molecule has 4 rings (SSSR count). The van der Waals surface area contributed by atoms with Gasteiger partial charge >= 0.3 is 0 Å². The molecule has 0 amide bonds. The zero-order valence-electron chi connectivity index (χ0n) is 18.6. The van der Waals surface area contributed by atoms with Crippen LogP contribution in [-0.2, 0) is 38.0 Å². The summed E-state index contributed by atoms with van der Waals surface area (Å²) in [4.78, 5) is 0. The van der Waals surface area contributed by atoms with Crippen LogP contribution in [0.5, 0.6) is 0 Å². The third kappa shape index (κ3) is 4.83. The minimum Gasteiger partial charge on any atom is -0.348 e. The minimum atomic E-state index is -4.00. The first kappa shape index (κ1) is 23.1. The summed E-state index contributed by atoms with van der Waals surface area (Å²) in [5.74, 6) is -1.69. The van der Waals surface area contributed by atoms with Crippen LogP contribution >= 0.6 is 0 Å². The van der Waals surface area contributed by atoms with Crippen LogP contribution in [0.1, 0.15) is 58.3 Å². The Morgan fingerprint density at radius 3 is 2.35 bits per heavy atom. The summed E-state index contributed by atoms with van der Waals surface area (Å²) in [6.45, 7) is 9.34. The molecule has 8 nitrogen and oxygen atoms in total. The van der Waals surface area contributed by atoms with Gasteiger partial charge in [0.05, 0.1) is 6.61 Å². The normalized spacial score (nSPS) is 35.2. The fourth-order valence-corrected chi connectivity index (χ4v) is 6.10. The maximum Gasteiger partial charge on any atom is 0.274 e. The molecular weight excluding hydrogens is 424 g/mol. The highest BCUT2D eigenvalue weighted by molar-refractivity contribution is 7.87. The summed E-state index contributed by atoms with van der Waals surface area (Å²) >= 11 is 0. The molecule has 0 aliphatic carbocycles. The van der Waals surface area contributed by atoms with Crippen LogP contribution in [0, 0.1) is 0 Å². The van der Waals surface area contributed by atoms with E-state index in [1.807, 2.05) is 25.1 Å². The van der Waals surface area contributed by atoms with Crippen molar-refractivity contribution >= 4 is 10.1 Å². The molecule has 0 aromatic heterocycles. The number of ether oxygens (including phenoxy) is 5. The van der Waals surface area contributed by atoms with E-state index < -0.39 is 57.6 Å². The Morgan fingerprint density at radius 1 is 1.03 bits per heavy atom. The van der Waals surface area contributed by atoms with Gasteiger partial charge in [-0.1, -0.05) is 43.7 Å². The molecule has 1 aromatic rings. The SMILES string of the molecule is CCCC(c1ccccc1)S(=O)(=O)O[C@@H]1[C@@H]2OC(C)(C)O[C@@H]2O[C@H]1[C@H]1COC(C)(C)O1. The first-order valence-electron chi connectivity index (χ1n) is 10.8. The Balaban J connectivity index is 1.61. The van der Waals surface area contributed by atoms with Crippen molar-refractivity contribution in [1.82, 2.24) is 0 Å². The number of benzene rings is 1. The summed E-state index contributed by atoms with van der Waals surface area (Å²) in [5.41, 5.74) is 0.696. The van der Waals surface area contributed by atoms with Gasteiger partial charge in [-0.2, -0.15) is 8.42 Å². The fraction of sp³-hybridized carbons (Fsp3) is 0.727. The summed E-state index contributed by atoms with van der Waals surface area (Å²) in [6, 6.07) is 9.12. The average Bonchev–Trinajstić information content (AvgIpc) is 3.30. The van der Waals surface area contributed by atoms with E-state index in [1.165, 1.54) is 0 Å². The second-order valence-electron chi connectivity index (χ2n) is 9.18. The molecule has 1 unspecified atom stereocenters. The van der Waals surface area contributed by atoms with E-state index in [4.69, 9.17) is 27.9 Å². The topological polar surface area (TPSA) is 89.5 Å². The van der Waals surface area contributed by atoms with Crippen LogP contribution in [0.3, 0.4) is 0 Å². The molecule has 3 aliphatic rings. The summed E-state index contributed by atoms with van der Waals surface area (Å²) in [7, 11) is -4.00. The van der Waals surface area contributed by atoms with E-state index in [9.17, 15) is 8.42 Å². The Hall–Kier alpha value is -1.07. The predicted molar refractivity (Wildman–Crippen MR) is 111 cm³/mol. The molecule has 3 fully saturated rings. The molecule has 3 aliphatic heterocycles. The van der Waals surface area contributed by atoms with E-state index in [1.54, 1.807) is 39.8 Å². The highest BCUT2D eigenvalue weighted by atomic mass is 32.2. The van der Waals surface area contributed by atoms with Crippen LogP contribution < -0.4 is 0 Å². The van der Waals surface area contributed by atoms with Gasteiger partial charge in [-0.25, -0.2) is 0 Å². The maximum atomic E-state index is 13.5. The molecule has 1 aromatic carbocycles. The quantitative estimate of drug-likeness (QED) is 0.578. The molecule has 0 radical (unpaired) electrons. The fourth-order valence-electron chi connectivity index (χ4n) is 4.42. The maximum absolute atomic E-state index is 13.5. The van der Waals surface area contributed by atoms with Crippen LogP contribution in [-0.4, -0.2) is 57.3 Å². The Labute approximate surface area is 184 Å². The van der Waals surface area contributed by atoms with Crippen LogP contribution in [0.25, 0.3) is 0 Å². The Bertz CT molecular complexity index is 869. The molecule has 31 heavy (non-hydrogen) atoms. The van der Waals surface area contributed by atoms with Gasteiger partial charge in [-0.05, 0) is 39.7 Å². The molecule has 0 N–H and O–H groups in total. The number of hydrogen-bond donors (Lipinski definition) is 0. The molecule has 0 bridgehead atoms. The third-order valence-electron chi connectivity index (χ3n) is 5.74. The zero-order chi connectivity index (χ0) is 22.4. The Kier molecular flexibility index (Phi) is 6.24. The lowest BCUT2D eigenvalue weighted by atomic mass is 10.1. The second kappa shape index (κ2) is 8.37. The standard InChI is InChI=1S/C22H32O8S/c1-6-10-16(14-11-8-7-9-12-14)31(23,24)30-18-17(15-13-25-21(2,3)27-15)26-20-19(18)28-22(4,5)29-20/h7-9,11-12,15-20H,6,10,13H2,1-5H3/t15-,16?,17+,18+,19+,20+/m1/s1. The van der Waals surface area contributed by atoms with Gasteiger partial charge in [0.1, 0.15) is 29.7 Å². The zero-order valence-corrected chi connectivity index (χ0v) is 19.5. The largest absolute Gasteiger partial charge is 0.348 e. The highest BCUT2D eigenvalue weighted by Gasteiger charge is 2.60. The van der Waals surface area contributed by atoms with Crippen molar-refractivity contribution < 1.29 is 36.3 Å². The molecule has 9 heteroatoms. The van der Waals surface area contributed by atoms with Gasteiger partial charge in [0.15, 0.2) is 17.9 Å². The first-order valence-corrected chi connectivity index (χ1v) is 12.3. The van der Waals surface area contributed by atoms with Gasteiger partial charge in [0.2, 0.25) is 0 Å². The summed E-state index contributed by atoms with van der Waals surface area (Å²) < 4.78 is 62.3. The van der Waals surface area contributed by atoms with Crippen LogP contribution in [0.15, 0.2) is 30.3 Å². The van der Waals surface area contributed by atoms with Gasteiger partial charge in [0.25, 0.3) is 10.1 Å². The van der Waals surface area contributed by atoms with Crippen LogP contribution in [0.4, 0.5) is 0 Å². The van der Waals surface area contributed by atoms with Crippen molar-refractivity contribution in [3.05, 3.63) is 35.9 Å². The summed E-state index contributed by atoms with van der Waals surface area (Å²) in [6.07, 6.45) is -2.42. The molecule has 3 saturated heterocycles. The van der Waals surface area contributed by atoms with E-state index in [2.05, 4.69) is 0 Å². The van der Waals surface area contributed by atoms with E-state index in [0.717, 1.165) is 0 Å². The van der Waals surface area contributed by atoms with Gasteiger partial charge < -0.3 is 23.7 Å². The van der Waals surface area contributed by atoms with Gasteiger partial charge in [0, 0.05) is 0 Å². The lowest BCUT2D eigenvalue weighted by molar-refractivity contribution is -0.230. The molecular formula is C22H32O8S. The van der Waals surface area contributed by atoms with Crippen molar-refractivity contribution in [2.45, 2.75) is 95.0 Å². The number of rotatable bonds is 7. The average molecular weight is 457 g/mol. The number of hydrogen-bond acceptors (Lipinski definition) is 8. The van der Waals surface area contributed by atoms with Gasteiger partial charge in [-0.3, -0.25) is 4.18 Å². The predicted octanol–water partition coefficient (Wildman–Crippen LogP) is 3.27. The lowest BCUT2D eigenvalue weighted by Gasteiger charge is -2.29. The smallest absolute Gasteiger partial charge is 0.274 e. The monoisotopic (exact) mass is 456 g/mol. The van der Waals surface area contributed by atoms with E-state index in [0.29, 0.717) is 18.4 Å². The number of fused-ring (bicyclic) bond motifs is 1. The second-order valence-corrected chi connectivity index (χ2v) is 10.9. The van der Waals surface area contributed by atoms with Gasteiger partial charge in [-0.15, -0.1) is 0 Å². The van der Waals surface area contributed by atoms with Crippen molar-refractivity contribution in [3.8, 4) is 0 Å². The van der Waals surface area contributed by atoms with E-state index >= 15 is 0 Å². The third-order valence-corrected chi connectivity index (χ3v) is 7.43. The molecule has 3 heterocycles. The van der Waals surface area contributed by atoms with Crippen LogP contribution in [0.2, 0.25) is 0 Å². The van der Waals surface area contributed by atoms with E-state index in [-0.39, 0.29) is 6.61 Å². The molecule has 174 valence electrons. The molecule has 0 spiro atoms.